The zero-order chi connectivity index (χ0) is 27.2. The van der Waals surface area contributed by atoms with E-state index in [2.05, 4.69) is 60.1 Å². The van der Waals surface area contributed by atoms with E-state index in [1.807, 2.05) is 30.5 Å². The first-order chi connectivity index (χ1) is 19.1. The number of methoxy groups -OCH3 is 1. The number of likely N-dealkylation sites (tertiary alicyclic amines) is 1. The molecule has 204 valence electrons. The predicted octanol–water partition coefficient (Wildman–Crippen LogP) is 8.36. The lowest BCUT2D eigenvalue weighted by atomic mass is 9.83. The number of halogens is 1. The van der Waals surface area contributed by atoms with Crippen LogP contribution in [0.2, 0.25) is 5.02 Å². The van der Waals surface area contributed by atoms with Crippen LogP contribution in [0, 0.1) is 12.8 Å². The summed E-state index contributed by atoms with van der Waals surface area (Å²) < 4.78 is 11.7. The first-order valence-electron chi connectivity index (χ1n) is 14.2. The van der Waals surface area contributed by atoms with Crippen molar-refractivity contribution >= 4 is 22.7 Å². The van der Waals surface area contributed by atoms with Gasteiger partial charge < -0.3 is 14.4 Å². The Labute approximate surface area is 238 Å². The number of nitrogens with zero attached hydrogens (tertiary/aromatic N) is 2. The van der Waals surface area contributed by atoms with E-state index < -0.39 is 0 Å². The molecule has 1 fully saturated rings. The number of aromatic nitrogens is 1. The molecule has 0 spiro atoms. The lowest BCUT2D eigenvalue weighted by molar-refractivity contribution is 0.210. The summed E-state index contributed by atoms with van der Waals surface area (Å²) in [4.78, 5) is 7.23. The molecule has 0 aliphatic carbocycles. The molecular weight excluding hydrogens is 504 g/mol. The summed E-state index contributed by atoms with van der Waals surface area (Å²) in [6.07, 6.45) is 12.3. The summed E-state index contributed by atoms with van der Waals surface area (Å²) in [6.45, 7) is 8.14. The number of ether oxygens (including phenoxy) is 2. The van der Waals surface area contributed by atoms with Gasteiger partial charge in [0, 0.05) is 28.9 Å². The molecule has 0 amide bonds. The minimum absolute atomic E-state index is 0.473. The Hall–Kier alpha value is -3.08. The van der Waals surface area contributed by atoms with Crippen LogP contribution in [0.5, 0.6) is 11.5 Å². The molecule has 2 aliphatic rings. The highest BCUT2D eigenvalue weighted by atomic mass is 35.5. The Kier molecular flexibility index (Phi) is 9.06. The van der Waals surface area contributed by atoms with Gasteiger partial charge in [-0.3, -0.25) is 4.98 Å². The Morgan fingerprint density at radius 2 is 1.95 bits per heavy atom. The van der Waals surface area contributed by atoms with Gasteiger partial charge in [-0.2, -0.15) is 0 Å². The number of hydrogen-bond acceptors (Lipinski definition) is 4. The lowest BCUT2D eigenvalue weighted by Crippen LogP contribution is -2.34. The van der Waals surface area contributed by atoms with E-state index in [9.17, 15) is 0 Å². The SMILES string of the molecule is CCC/C=C(\c1cccc(Cl)c1C)C1CCN(CCC=C2c3cc(OC)ccc3OCc3ncccc32)CC1. The third-order valence-corrected chi connectivity index (χ3v) is 8.48. The van der Waals surface area contributed by atoms with Crippen molar-refractivity contribution < 1.29 is 9.47 Å². The normalized spacial score (nSPS) is 17.3. The van der Waals surface area contributed by atoms with Gasteiger partial charge in [0.2, 0.25) is 0 Å². The van der Waals surface area contributed by atoms with Gasteiger partial charge >= 0.3 is 0 Å². The van der Waals surface area contributed by atoms with Crippen molar-refractivity contribution in [3.8, 4) is 11.5 Å². The Morgan fingerprint density at radius 3 is 2.74 bits per heavy atom. The fourth-order valence-electron chi connectivity index (χ4n) is 5.86. The average Bonchev–Trinajstić information content (AvgIpc) is 3.12. The highest BCUT2D eigenvalue weighted by molar-refractivity contribution is 6.31. The largest absolute Gasteiger partial charge is 0.497 e. The summed E-state index contributed by atoms with van der Waals surface area (Å²) in [5.74, 6) is 2.29. The molecule has 0 N–H and O–H groups in total. The van der Waals surface area contributed by atoms with Crippen LogP contribution in [0.1, 0.15) is 67.0 Å². The van der Waals surface area contributed by atoms with E-state index in [0.717, 1.165) is 72.2 Å². The van der Waals surface area contributed by atoms with Crippen LogP contribution in [0.3, 0.4) is 0 Å². The average molecular weight is 543 g/mol. The van der Waals surface area contributed by atoms with Crippen LogP contribution in [0.15, 0.2) is 66.9 Å². The predicted molar refractivity (Wildman–Crippen MR) is 161 cm³/mol. The van der Waals surface area contributed by atoms with E-state index in [1.165, 1.54) is 35.1 Å². The van der Waals surface area contributed by atoms with Gasteiger partial charge in [0.25, 0.3) is 0 Å². The van der Waals surface area contributed by atoms with Gasteiger partial charge in [0.05, 0.1) is 12.8 Å². The van der Waals surface area contributed by atoms with Crippen molar-refractivity contribution in [2.75, 3.05) is 26.7 Å². The molecule has 0 atom stereocenters. The number of piperidine rings is 1. The number of pyridine rings is 1. The molecule has 0 radical (unpaired) electrons. The molecular formula is C34H39ClN2O2. The fourth-order valence-corrected chi connectivity index (χ4v) is 6.03. The molecule has 1 aromatic heterocycles. The Bertz CT molecular complexity index is 1360. The summed E-state index contributed by atoms with van der Waals surface area (Å²) in [5.41, 5.74) is 8.40. The molecule has 3 heterocycles. The van der Waals surface area contributed by atoms with Gasteiger partial charge in [-0.15, -0.1) is 0 Å². The number of fused-ring (bicyclic) bond motifs is 2. The molecule has 3 aromatic rings. The third-order valence-electron chi connectivity index (χ3n) is 8.07. The molecule has 1 saturated heterocycles. The maximum absolute atomic E-state index is 6.51. The summed E-state index contributed by atoms with van der Waals surface area (Å²) in [5, 5.41) is 0.861. The van der Waals surface area contributed by atoms with E-state index in [-0.39, 0.29) is 0 Å². The number of unbranched alkanes of at least 4 members (excludes halogenated alkanes) is 1. The fraction of sp³-hybridized carbons (Fsp3) is 0.382. The molecule has 0 unspecified atom stereocenters. The molecule has 4 nitrogen and oxygen atoms in total. The Balaban J connectivity index is 1.29. The highest BCUT2D eigenvalue weighted by Crippen LogP contribution is 2.39. The number of hydrogen-bond donors (Lipinski definition) is 0. The minimum Gasteiger partial charge on any atom is -0.497 e. The number of allylic oxidation sites excluding steroid dienone is 2. The maximum atomic E-state index is 6.51. The van der Waals surface area contributed by atoms with E-state index >= 15 is 0 Å². The van der Waals surface area contributed by atoms with E-state index in [0.29, 0.717) is 12.5 Å². The van der Waals surface area contributed by atoms with Gasteiger partial charge in [-0.05, 0) is 104 Å². The second-order valence-corrected chi connectivity index (χ2v) is 10.9. The maximum Gasteiger partial charge on any atom is 0.131 e. The van der Waals surface area contributed by atoms with Crippen molar-refractivity contribution in [3.05, 3.63) is 99.9 Å². The number of rotatable bonds is 8. The molecule has 2 aromatic carbocycles. The van der Waals surface area contributed by atoms with Crippen LogP contribution >= 0.6 is 11.6 Å². The molecule has 0 bridgehead atoms. The van der Waals surface area contributed by atoms with Crippen LogP contribution < -0.4 is 9.47 Å². The van der Waals surface area contributed by atoms with Gasteiger partial charge in [-0.25, -0.2) is 0 Å². The van der Waals surface area contributed by atoms with Crippen LogP contribution in [-0.4, -0.2) is 36.6 Å². The zero-order valence-electron chi connectivity index (χ0n) is 23.4. The topological polar surface area (TPSA) is 34.6 Å². The monoisotopic (exact) mass is 542 g/mol. The lowest BCUT2D eigenvalue weighted by Gasteiger charge is -2.33. The number of benzene rings is 2. The summed E-state index contributed by atoms with van der Waals surface area (Å²) in [6, 6.07) is 16.5. The minimum atomic E-state index is 0.473. The van der Waals surface area contributed by atoms with Gasteiger partial charge in [-0.1, -0.05) is 55.3 Å². The van der Waals surface area contributed by atoms with Crippen LogP contribution in [0.25, 0.3) is 11.1 Å². The first-order valence-corrected chi connectivity index (χ1v) is 14.6. The van der Waals surface area contributed by atoms with Crippen LogP contribution in [-0.2, 0) is 6.61 Å². The second kappa shape index (κ2) is 12.8. The molecule has 39 heavy (non-hydrogen) atoms. The molecule has 5 rings (SSSR count). The van der Waals surface area contributed by atoms with Gasteiger partial charge in [0.1, 0.15) is 18.1 Å². The van der Waals surface area contributed by atoms with Crippen molar-refractivity contribution in [2.24, 2.45) is 5.92 Å². The smallest absolute Gasteiger partial charge is 0.131 e. The van der Waals surface area contributed by atoms with Crippen molar-refractivity contribution in [2.45, 2.75) is 52.6 Å². The summed E-state index contributed by atoms with van der Waals surface area (Å²) in [7, 11) is 1.71. The quantitative estimate of drug-likeness (QED) is 0.286. The molecule has 5 heteroatoms. The van der Waals surface area contributed by atoms with Crippen molar-refractivity contribution in [1.29, 1.82) is 0 Å². The van der Waals surface area contributed by atoms with Crippen LogP contribution in [0.4, 0.5) is 0 Å². The van der Waals surface area contributed by atoms with Crippen molar-refractivity contribution in [1.82, 2.24) is 9.88 Å². The Morgan fingerprint density at radius 1 is 1.10 bits per heavy atom. The molecule has 0 saturated carbocycles. The van der Waals surface area contributed by atoms with E-state index in [4.69, 9.17) is 21.1 Å². The highest BCUT2D eigenvalue weighted by Gasteiger charge is 2.25. The second-order valence-electron chi connectivity index (χ2n) is 10.5. The standard InChI is InChI=1S/C34H39ClN2O2/c1-4-5-9-28(27-10-6-13-32(35)24(27)2)25-16-20-37(21-17-25)19-8-12-29-30-11-7-18-36-33(30)23-39-34-15-14-26(38-3)22-31(29)34/h6-7,9-15,18,22,25H,4-5,8,16-17,19-21,23H2,1-3H3/b28-9-,29-12?. The van der Waals surface area contributed by atoms with Crippen molar-refractivity contribution in [3.63, 3.8) is 0 Å². The van der Waals surface area contributed by atoms with E-state index in [1.54, 1.807) is 7.11 Å². The first kappa shape index (κ1) is 27.5. The van der Waals surface area contributed by atoms with Gasteiger partial charge in [0.15, 0.2) is 0 Å². The third kappa shape index (κ3) is 6.23. The molecule has 2 aliphatic heterocycles. The zero-order valence-corrected chi connectivity index (χ0v) is 24.1. The summed E-state index contributed by atoms with van der Waals surface area (Å²) >= 11 is 6.51.